The number of thioether (sulfide) groups is 1. The number of hydrogen-bond acceptors (Lipinski definition) is 5. The molecule has 2 aromatic rings. The van der Waals surface area contributed by atoms with Gasteiger partial charge < -0.3 is 0 Å². The van der Waals surface area contributed by atoms with E-state index in [0.717, 1.165) is 28.1 Å². The molecule has 0 bridgehead atoms. The third-order valence-corrected chi connectivity index (χ3v) is 5.63. The van der Waals surface area contributed by atoms with Crippen LogP contribution in [0.3, 0.4) is 0 Å². The van der Waals surface area contributed by atoms with E-state index in [1.807, 2.05) is 42.5 Å². The summed E-state index contributed by atoms with van der Waals surface area (Å²) < 4.78 is 30.9. The summed E-state index contributed by atoms with van der Waals surface area (Å²) >= 11 is 6.27. The van der Waals surface area contributed by atoms with E-state index in [9.17, 15) is 13.2 Å². The second-order valence-corrected chi connectivity index (χ2v) is 8.44. The maximum absolute atomic E-state index is 12.4. The van der Waals surface area contributed by atoms with Crippen LogP contribution in [0.25, 0.3) is 16.8 Å². The van der Waals surface area contributed by atoms with Gasteiger partial charge in [0.15, 0.2) is 0 Å². The predicted octanol–water partition coefficient (Wildman–Crippen LogP) is 2.93. The minimum atomic E-state index is -4.15. The SMILES string of the molecule is O=C1C(=Cc2cccc3ccccc23)SC(=S)N1CCS(=O)(=O)O. The Bertz CT molecular complexity index is 961. The molecule has 24 heavy (non-hydrogen) atoms. The van der Waals surface area contributed by atoms with Gasteiger partial charge in [-0.3, -0.25) is 14.2 Å². The molecule has 0 spiro atoms. The number of fused-ring (bicyclic) bond motifs is 1. The maximum Gasteiger partial charge on any atom is 0.266 e. The maximum atomic E-state index is 12.4. The summed E-state index contributed by atoms with van der Waals surface area (Å²) in [7, 11) is -4.15. The topological polar surface area (TPSA) is 74.7 Å². The summed E-state index contributed by atoms with van der Waals surface area (Å²) in [5.41, 5.74) is 0.892. The average Bonchev–Trinajstić information content (AvgIpc) is 2.79. The van der Waals surface area contributed by atoms with Gasteiger partial charge in [0.1, 0.15) is 4.32 Å². The Kier molecular flexibility index (Phi) is 4.73. The lowest BCUT2D eigenvalue weighted by Gasteiger charge is -2.12. The highest BCUT2D eigenvalue weighted by Crippen LogP contribution is 2.33. The molecule has 124 valence electrons. The number of thiocarbonyl (C=S) groups is 1. The first-order valence-electron chi connectivity index (χ1n) is 7.03. The Morgan fingerprint density at radius 3 is 2.62 bits per heavy atom. The second-order valence-electron chi connectivity index (χ2n) is 5.19. The third-order valence-electron chi connectivity index (χ3n) is 3.56. The molecule has 2 aromatic carbocycles. The van der Waals surface area contributed by atoms with Gasteiger partial charge in [-0.1, -0.05) is 66.4 Å². The zero-order valence-electron chi connectivity index (χ0n) is 12.4. The molecule has 5 nitrogen and oxygen atoms in total. The van der Waals surface area contributed by atoms with E-state index in [1.165, 1.54) is 4.90 Å². The molecule has 1 saturated heterocycles. The molecule has 3 rings (SSSR count). The predicted molar refractivity (Wildman–Crippen MR) is 100 cm³/mol. The number of hydrogen-bond donors (Lipinski definition) is 1. The van der Waals surface area contributed by atoms with Crippen molar-refractivity contribution in [3.8, 4) is 0 Å². The molecule has 0 unspecified atom stereocenters. The fourth-order valence-corrected chi connectivity index (χ4v) is 4.13. The summed E-state index contributed by atoms with van der Waals surface area (Å²) in [4.78, 5) is 14.1. The fourth-order valence-electron chi connectivity index (χ4n) is 2.42. The molecule has 1 amide bonds. The van der Waals surface area contributed by atoms with Gasteiger partial charge in [0.05, 0.1) is 10.7 Å². The van der Waals surface area contributed by atoms with Crippen molar-refractivity contribution < 1.29 is 17.8 Å². The zero-order valence-corrected chi connectivity index (χ0v) is 14.8. The molecule has 0 aromatic heterocycles. The lowest BCUT2D eigenvalue weighted by Crippen LogP contribution is -2.32. The summed E-state index contributed by atoms with van der Waals surface area (Å²) in [5.74, 6) is -0.886. The first kappa shape index (κ1) is 17.1. The van der Waals surface area contributed by atoms with E-state index < -0.39 is 15.9 Å². The van der Waals surface area contributed by atoms with Crippen LogP contribution in [-0.4, -0.2) is 40.4 Å². The van der Waals surface area contributed by atoms with Gasteiger partial charge in [-0.05, 0) is 22.4 Å². The molecule has 1 aliphatic heterocycles. The molecule has 1 fully saturated rings. The summed E-state index contributed by atoms with van der Waals surface area (Å²) in [5, 5.41) is 2.08. The lowest BCUT2D eigenvalue weighted by atomic mass is 10.0. The van der Waals surface area contributed by atoms with E-state index in [4.69, 9.17) is 16.8 Å². The highest BCUT2D eigenvalue weighted by Gasteiger charge is 2.32. The third kappa shape index (κ3) is 3.67. The summed E-state index contributed by atoms with van der Waals surface area (Å²) in [6.07, 6.45) is 1.76. The summed E-state index contributed by atoms with van der Waals surface area (Å²) in [6, 6.07) is 13.6. The Hall–Kier alpha value is -1.74. The molecule has 0 atom stereocenters. The molecule has 1 heterocycles. The van der Waals surface area contributed by atoms with Crippen LogP contribution in [0, 0.1) is 0 Å². The highest BCUT2D eigenvalue weighted by atomic mass is 32.2. The van der Waals surface area contributed by atoms with Crippen LogP contribution in [0.2, 0.25) is 0 Å². The van der Waals surface area contributed by atoms with Gasteiger partial charge in [-0.2, -0.15) is 8.42 Å². The second kappa shape index (κ2) is 6.64. The quantitative estimate of drug-likeness (QED) is 0.500. The van der Waals surface area contributed by atoms with Crippen LogP contribution >= 0.6 is 24.0 Å². The van der Waals surface area contributed by atoms with E-state index in [2.05, 4.69) is 0 Å². The molecule has 0 radical (unpaired) electrons. The largest absolute Gasteiger partial charge is 0.292 e. The van der Waals surface area contributed by atoms with Gasteiger partial charge in [0, 0.05) is 6.54 Å². The standard InChI is InChI=1S/C16H13NO4S3/c18-15-14(23-16(22)17(15)8-9-24(19,20)21)10-12-6-3-5-11-4-1-2-7-13(11)12/h1-7,10H,8-9H2,(H,19,20,21). The van der Waals surface area contributed by atoms with Gasteiger partial charge in [-0.15, -0.1) is 0 Å². The normalized spacial score (nSPS) is 17.2. The van der Waals surface area contributed by atoms with Gasteiger partial charge in [0.2, 0.25) is 0 Å². The van der Waals surface area contributed by atoms with Crippen molar-refractivity contribution >= 4 is 61.2 Å². The van der Waals surface area contributed by atoms with Crippen LogP contribution in [0.1, 0.15) is 5.56 Å². The van der Waals surface area contributed by atoms with E-state index >= 15 is 0 Å². The Morgan fingerprint density at radius 2 is 1.88 bits per heavy atom. The van der Waals surface area contributed by atoms with E-state index in [-0.39, 0.29) is 16.8 Å². The van der Waals surface area contributed by atoms with Crippen LogP contribution in [0.5, 0.6) is 0 Å². The minimum absolute atomic E-state index is 0.156. The van der Waals surface area contributed by atoms with E-state index in [0.29, 0.717) is 4.91 Å². The van der Waals surface area contributed by atoms with Crippen LogP contribution in [-0.2, 0) is 14.9 Å². The number of carbonyl (C=O) groups is 1. The molecule has 1 N–H and O–H groups in total. The molecule has 0 saturated carbocycles. The smallest absolute Gasteiger partial charge is 0.266 e. The lowest BCUT2D eigenvalue weighted by molar-refractivity contribution is -0.121. The van der Waals surface area contributed by atoms with Crippen molar-refractivity contribution in [3.63, 3.8) is 0 Å². The Balaban J connectivity index is 1.91. The Labute approximate surface area is 149 Å². The van der Waals surface area contributed by atoms with Gasteiger partial charge in [0.25, 0.3) is 16.0 Å². The van der Waals surface area contributed by atoms with Crippen molar-refractivity contribution in [2.45, 2.75) is 0 Å². The zero-order chi connectivity index (χ0) is 17.3. The van der Waals surface area contributed by atoms with Crippen molar-refractivity contribution in [2.24, 2.45) is 0 Å². The number of nitrogens with zero attached hydrogens (tertiary/aromatic N) is 1. The van der Waals surface area contributed by atoms with Gasteiger partial charge >= 0.3 is 0 Å². The van der Waals surface area contributed by atoms with Crippen LogP contribution in [0.4, 0.5) is 0 Å². The molecular formula is C16H13NO4S3. The molecule has 1 aliphatic rings. The fraction of sp³-hybridized carbons (Fsp3) is 0.125. The van der Waals surface area contributed by atoms with Crippen molar-refractivity contribution in [1.82, 2.24) is 4.90 Å². The van der Waals surface area contributed by atoms with E-state index in [1.54, 1.807) is 6.08 Å². The molecular weight excluding hydrogens is 366 g/mol. The van der Waals surface area contributed by atoms with Crippen molar-refractivity contribution in [2.75, 3.05) is 12.3 Å². The molecule has 0 aliphatic carbocycles. The average molecular weight is 379 g/mol. The number of amides is 1. The Morgan fingerprint density at radius 1 is 1.17 bits per heavy atom. The summed E-state index contributed by atoms with van der Waals surface area (Å²) in [6.45, 7) is -0.156. The highest BCUT2D eigenvalue weighted by molar-refractivity contribution is 8.26. The first-order valence-corrected chi connectivity index (χ1v) is 9.87. The monoisotopic (exact) mass is 379 g/mol. The van der Waals surface area contributed by atoms with Crippen molar-refractivity contribution in [3.05, 3.63) is 52.9 Å². The van der Waals surface area contributed by atoms with Gasteiger partial charge in [-0.25, -0.2) is 0 Å². The van der Waals surface area contributed by atoms with Crippen molar-refractivity contribution in [1.29, 1.82) is 0 Å². The van der Waals surface area contributed by atoms with Crippen LogP contribution in [0.15, 0.2) is 47.4 Å². The number of benzene rings is 2. The number of carbonyl (C=O) groups excluding carboxylic acids is 1. The van der Waals surface area contributed by atoms with Crippen LogP contribution < -0.4 is 0 Å². The molecule has 8 heteroatoms. The first-order chi connectivity index (χ1) is 11.3. The minimum Gasteiger partial charge on any atom is -0.292 e. The number of rotatable bonds is 4.